The smallest absolute Gasteiger partial charge is 0.239 e. The highest BCUT2D eigenvalue weighted by Gasteiger charge is 2.12. The summed E-state index contributed by atoms with van der Waals surface area (Å²) in [7, 11) is 1.58. The third kappa shape index (κ3) is 7.23. The number of methoxy groups -OCH3 is 1. The second kappa shape index (κ2) is 9.15. The minimum atomic E-state index is -0.136. The van der Waals surface area contributed by atoms with Crippen LogP contribution in [0, 0.1) is 0 Å². The fourth-order valence-corrected chi connectivity index (χ4v) is 1.22. The molecule has 0 aromatic rings. The van der Waals surface area contributed by atoms with Gasteiger partial charge in [0.1, 0.15) is 0 Å². The van der Waals surface area contributed by atoms with E-state index in [1.165, 1.54) is 6.92 Å². The molecule has 0 aromatic heterocycles. The van der Waals surface area contributed by atoms with E-state index >= 15 is 0 Å². The number of amides is 2. The van der Waals surface area contributed by atoms with Gasteiger partial charge >= 0.3 is 0 Å². The van der Waals surface area contributed by atoms with Crippen LogP contribution in [0.25, 0.3) is 0 Å². The van der Waals surface area contributed by atoms with E-state index in [1.807, 2.05) is 0 Å². The van der Waals surface area contributed by atoms with Crippen LogP contribution in [-0.4, -0.2) is 50.1 Å². The molecule has 16 heavy (non-hydrogen) atoms. The van der Waals surface area contributed by atoms with Gasteiger partial charge in [0.05, 0.1) is 13.2 Å². The summed E-state index contributed by atoms with van der Waals surface area (Å²) < 4.78 is 4.81. The zero-order chi connectivity index (χ0) is 12.4. The Morgan fingerprint density at radius 2 is 2.06 bits per heavy atom. The van der Waals surface area contributed by atoms with Gasteiger partial charge in [-0.2, -0.15) is 0 Å². The number of unbranched alkanes of at least 4 members (excludes halogenated alkanes) is 1. The SMILES string of the molecule is CCCCN(CC(=O)NCCOC)C(C)=O. The van der Waals surface area contributed by atoms with Gasteiger partial charge in [-0.25, -0.2) is 0 Å². The molecule has 0 saturated carbocycles. The van der Waals surface area contributed by atoms with Crippen LogP contribution < -0.4 is 5.32 Å². The molecule has 0 spiro atoms. The lowest BCUT2D eigenvalue weighted by Crippen LogP contribution is -2.41. The monoisotopic (exact) mass is 230 g/mol. The van der Waals surface area contributed by atoms with Gasteiger partial charge in [0.2, 0.25) is 11.8 Å². The summed E-state index contributed by atoms with van der Waals surface area (Å²) in [5.41, 5.74) is 0. The van der Waals surface area contributed by atoms with Crippen molar-refractivity contribution in [3.05, 3.63) is 0 Å². The minimum absolute atomic E-state index is 0.0599. The van der Waals surface area contributed by atoms with Crippen molar-refractivity contribution in [2.24, 2.45) is 0 Å². The molecule has 0 bridgehead atoms. The summed E-state index contributed by atoms with van der Waals surface area (Å²) in [6.07, 6.45) is 1.93. The number of carbonyl (C=O) groups is 2. The third-order valence-corrected chi connectivity index (χ3v) is 2.19. The van der Waals surface area contributed by atoms with Crippen molar-refractivity contribution in [1.29, 1.82) is 0 Å². The maximum Gasteiger partial charge on any atom is 0.239 e. The van der Waals surface area contributed by atoms with E-state index < -0.39 is 0 Å². The molecular weight excluding hydrogens is 208 g/mol. The Hall–Kier alpha value is -1.10. The van der Waals surface area contributed by atoms with E-state index in [9.17, 15) is 9.59 Å². The Balaban J connectivity index is 3.88. The van der Waals surface area contributed by atoms with E-state index in [2.05, 4.69) is 12.2 Å². The molecule has 94 valence electrons. The predicted molar refractivity (Wildman–Crippen MR) is 62.0 cm³/mol. The summed E-state index contributed by atoms with van der Waals surface area (Å²) in [5, 5.41) is 2.69. The normalized spacial score (nSPS) is 9.94. The highest BCUT2D eigenvalue weighted by atomic mass is 16.5. The highest BCUT2D eigenvalue weighted by Crippen LogP contribution is 1.95. The molecule has 0 fully saturated rings. The van der Waals surface area contributed by atoms with Crippen LogP contribution in [0.15, 0.2) is 0 Å². The summed E-state index contributed by atoms with van der Waals surface area (Å²) in [4.78, 5) is 24.2. The van der Waals surface area contributed by atoms with Crippen molar-refractivity contribution in [3.63, 3.8) is 0 Å². The quantitative estimate of drug-likeness (QED) is 0.614. The highest BCUT2D eigenvalue weighted by molar-refractivity contribution is 5.83. The first-order valence-corrected chi connectivity index (χ1v) is 5.63. The number of ether oxygens (including phenoxy) is 1. The summed E-state index contributed by atoms with van der Waals surface area (Å²) in [5.74, 6) is -0.196. The second-order valence-electron chi connectivity index (χ2n) is 3.64. The first-order chi connectivity index (χ1) is 7.61. The number of nitrogens with zero attached hydrogens (tertiary/aromatic N) is 1. The largest absolute Gasteiger partial charge is 0.383 e. The lowest BCUT2D eigenvalue weighted by molar-refractivity contribution is -0.134. The van der Waals surface area contributed by atoms with Crippen molar-refractivity contribution >= 4 is 11.8 Å². The van der Waals surface area contributed by atoms with Crippen molar-refractivity contribution < 1.29 is 14.3 Å². The summed E-state index contributed by atoms with van der Waals surface area (Å²) in [6, 6.07) is 0. The standard InChI is InChI=1S/C11H22N2O3/c1-4-5-7-13(10(2)14)9-11(15)12-6-8-16-3/h4-9H2,1-3H3,(H,12,15). The van der Waals surface area contributed by atoms with Crippen molar-refractivity contribution in [1.82, 2.24) is 10.2 Å². The van der Waals surface area contributed by atoms with Gasteiger partial charge in [0, 0.05) is 27.1 Å². The Bertz CT molecular complexity index is 219. The van der Waals surface area contributed by atoms with Crippen molar-refractivity contribution in [2.45, 2.75) is 26.7 Å². The van der Waals surface area contributed by atoms with Gasteiger partial charge in [-0.15, -0.1) is 0 Å². The Kier molecular flexibility index (Phi) is 8.52. The molecule has 0 aromatic carbocycles. The minimum Gasteiger partial charge on any atom is -0.383 e. The molecule has 5 nitrogen and oxygen atoms in total. The lowest BCUT2D eigenvalue weighted by Gasteiger charge is -2.20. The predicted octanol–water partition coefficient (Wildman–Crippen LogP) is 0.398. The van der Waals surface area contributed by atoms with Crippen LogP contribution in [0.5, 0.6) is 0 Å². The Labute approximate surface area is 97.1 Å². The van der Waals surface area contributed by atoms with Crippen molar-refractivity contribution in [3.8, 4) is 0 Å². The summed E-state index contributed by atoms with van der Waals surface area (Å²) >= 11 is 0. The molecule has 0 aliphatic carbocycles. The van der Waals surface area contributed by atoms with E-state index in [0.29, 0.717) is 19.7 Å². The van der Waals surface area contributed by atoms with E-state index in [4.69, 9.17) is 4.74 Å². The molecule has 0 unspecified atom stereocenters. The van der Waals surface area contributed by atoms with Crippen LogP contribution in [-0.2, 0) is 14.3 Å². The van der Waals surface area contributed by atoms with Gasteiger partial charge in [-0.3, -0.25) is 9.59 Å². The van der Waals surface area contributed by atoms with E-state index in [-0.39, 0.29) is 18.4 Å². The van der Waals surface area contributed by atoms with Gasteiger partial charge < -0.3 is 15.0 Å². The molecule has 0 aliphatic rings. The third-order valence-electron chi connectivity index (χ3n) is 2.19. The number of carbonyl (C=O) groups excluding carboxylic acids is 2. The van der Waals surface area contributed by atoms with Crippen LogP contribution >= 0.6 is 0 Å². The average Bonchev–Trinajstić information content (AvgIpc) is 2.24. The van der Waals surface area contributed by atoms with Crippen LogP contribution in [0.1, 0.15) is 26.7 Å². The van der Waals surface area contributed by atoms with Gasteiger partial charge in [0.25, 0.3) is 0 Å². The molecule has 1 N–H and O–H groups in total. The van der Waals surface area contributed by atoms with E-state index in [0.717, 1.165) is 12.8 Å². The molecule has 5 heteroatoms. The maximum atomic E-state index is 11.4. The molecule has 0 heterocycles. The summed E-state index contributed by atoms with van der Waals surface area (Å²) in [6.45, 7) is 5.28. The Morgan fingerprint density at radius 1 is 1.38 bits per heavy atom. The lowest BCUT2D eigenvalue weighted by atomic mass is 10.3. The van der Waals surface area contributed by atoms with Crippen LogP contribution in [0.4, 0.5) is 0 Å². The average molecular weight is 230 g/mol. The fourth-order valence-electron chi connectivity index (χ4n) is 1.22. The molecule has 0 atom stereocenters. The van der Waals surface area contributed by atoms with Gasteiger partial charge in [0.15, 0.2) is 0 Å². The van der Waals surface area contributed by atoms with Gasteiger partial charge in [-0.05, 0) is 6.42 Å². The number of hydrogen-bond donors (Lipinski definition) is 1. The van der Waals surface area contributed by atoms with Crippen LogP contribution in [0.2, 0.25) is 0 Å². The van der Waals surface area contributed by atoms with E-state index in [1.54, 1.807) is 12.0 Å². The zero-order valence-electron chi connectivity index (χ0n) is 10.4. The molecular formula is C11H22N2O3. The maximum absolute atomic E-state index is 11.4. The first-order valence-electron chi connectivity index (χ1n) is 5.63. The Morgan fingerprint density at radius 3 is 2.56 bits per heavy atom. The van der Waals surface area contributed by atoms with Crippen molar-refractivity contribution in [2.75, 3.05) is 33.4 Å². The number of hydrogen-bond acceptors (Lipinski definition) is 3. The fraction of sp³-hybridized carbons (Fsp3) is 0.818. The molecule has 0 aliphatic heterocycles. The molecule has 2 amide bonds. The molecule has 0 radical (unpaired) electrons. The molecule has 0 saturated heterocycles. The number of nitrogens with one attached hydrogen (secondary N) is 1. The topological polar surface area (TPSA) is 58.6 Å². The second-order valence-corrected chi connectivity index (χ2v) is 3.64. The van der Waals surface area contributed by atoms with Crippen LogP contribution in [0.3, 0.4) is 0 Å². The number of rotatable bonds is 8. The first kappa shape index (κ1) is 14.9. The van der Waals surface area contributed by atoms with Gasteiger partial charge in [-0.1, -0.05) is 13.3 Å². The zero-order valence-corrected chi connectivity index (χ0v) is 10.4. The molecule has 0 rings (SSSR count).